The Morgan fingerprint density at radius 3 is 2.36 bits per heavy atom. The standard InChI is InChI=1S/C20H19NO4/c1-13-11-16(13)20(24)25-12-18(22)21-17-10-6-5-9-15(17)19(23)14-7-3-2-4-8-14/h2-10,13,16H,11-12H2,1H3,(H,21,22)/t13-,16-/m1/s1. The molecule has 2 aromatic rings. The fraction of sp³-hybridized carbons (Fsp3) is 0.250. The van der Waals surface area contributed by atoms with Crippen LogP contribution in [0.4, 0.5) is 5.69 Å². The van der Waals surface area contributed by atoms with Crippen LogP contribution in [0.5, 0.6) is 0 Å². The number of ether oxygens (including phenoxy) is 1. The second-order valence-electron chi connectivity index (χ2n) is 6.22. The monoisotopic (exact) mass is 337 g/mol. The summed E-state index contributed by atoms with van der Waals surface area (Å²) in [4.78, 5) is 36.3. The summed E-state index contributed by atoms with van der Waals surface area (Å²) >= 11 is 0. The van der Waals surface area contributed by atoms with Gasteiger partial charge < -0.3 is 10.1 Å². The van der Waals surface area contributed by atoms with Gasteiger partial charge in [-0.2, -0.15) is 0 Å². The number of amides is 1. The molecule has 0 aliphatic heterocycles. The first-order valence-corrected chi connectivity index (χ1v) is 8.21. The number of anilines is 1. The molecule has 1 aliphatic rings. The van der Waals surface area contributed by atoms with Gasteiger partial charge in [0.15, 0.2) is 12.4 Å². The van der Waals surface area contributed by atoms with Gasteiger partial charge >= 0.3 is 5.97 Å². The van der Waals surface area contributed by atoms with Crippen LogP contribution >= 0.6 is 0 Å². The van der Waals surface area contributed by atoms with Gasteiger partial charge in [0.2, 0.25) is 0 Å². The van der Waals surface area contributed by atoms with Gasteiger partial charge in [-0.05, 0) is 24.5 Å². The molecule has 128 valence electrons. The van der Waals surface area contributed by atoms with Gasteiger partial charge in [0, 0.05) is 11.1 Å². The van der Waals surface area contributed by atoms with E-state index in [0.29, 0.717) is 22.7 Å². The van der Waals surface area contributed by atoms with E-state index in [1.54, 1.807) is 48.5 Å². The van der Waals surface area contributed by atoms with Crippen LogP contribution in [0.3, 0.4) is 0 Å². The van der Waals surface area contributed by atoms with Crippen LogP contribution in [0.25, 0.3) is 0 Å². The summed E-state index contributed by atoms with van der Waals surface area (Å²) in [6, 6.07) is 15.6. The lowest BCUT2D eigenvalue weighted by molar-refractivity contribution is -0.148. The molecule has 0 spiro atoms. The molecule has 0 radical (unpaired) electrons. The molecule has 0 saturated heterocycles. The highest BCUT2D eigenvalue weighted by molar-refractivity contribution is 6.13. The average Bonchev–Trinajstić information content (AvgIpc) is 3.37. The minimum Gasteiger partial charge on any atom is -0.455 e. The number of hydrogen-bond acceptors (Lipinski definition) is 4. The second kappa shape index (κ2) is 7.30. The molecule has 1 saturated carbocycles. The van der Waals surface area contributed by atoms with Crippen molar-refractivity contribution in [3.8, 4) is 0 Å². The Hall–Kier alpha value is -2.95. The van der Waals surface area contributed by atoms with Crippen LogP contribution in [0.1, 0.15) is 29.3 Å². The fourth-order valence-corrected chi connectivity index (χ4v) is 2.62. The molecule has 1 amide bonds. The molecule has 2 aromatic carbocycles. The Morgan fingerprint density at radius 2 is 1.68 bits per heavy atom. The van der Waals surface area contributed by atoms with Crippen molar-refractivity contribution in [1.82, 2.24) is 0 Å². The van der Waals surface area contributed by atoms with Crippen LogP contribution in [-0.4, -0.2) is 24.3 Å². The summed E-state index contributed by atoms with van der Waals surface area (Å²) in [7, 11) is 0. The maximum Gasteiger partial charge on any atom is 0.309 e. The zero-order valence-corrected chi connectivity index (χ0v) is 13.9. The highest BCUT2D eigenvalue weighted by Gasteiger charge is 2.40. The summed E-state index contributed by atoms with van der Waals surface area (Å²) in [5.74, 6) is -0.730. The first-order valence-electron chi connectivity index (χ1n) is 8.21. The van der Waals surface area contributed by atoms with Gasteiger partial charge in [-0.3, -0.25) is 14.4 Å². The van der Waals surface area contributed by atoms with Crippen molar-refractivity contribution in [2.75, 3.05) is 11.9 Å². The summed E-state index contributed by atoms with van der Waals surface area (Å²) in [6.07, 6.45) is 0.814. The van der Waals surface area contributed by atoms with Gasteiger partial charge in [-0.15, -0.1) is 0 Å². The number of hydrogen-bond donors (Lipinski definition) is 1. The lowest BCUT2D eigenvalue weighted by Crippen LogP contribution is -2.22. The van der Waals surface area contributed by atoms with E-state index in [1.165, 1.54) is 0 Å². The first-order chi connectivity index (χ1) is 12.1. The molecule has 5 heteroatoms. The highest BCUT2D eigenvalue weighted by Crippen LogP contribution is 2.38. The third kappa shape index (κ3) is 4.12. The molecule has 3 rings (SSSR count). The summed E-state index contributed by atoms with van der Waals surface area (Å²) in [6.45, 7) is 1.62. The lowest BCUT2D eigenvalue weighted by Gasteiger charge is -2.11. The van der Waals surface area contributed by atoms with E-state index < -0.39 is 5.91 Å². The van der Waals surface area contributed by atoms with Gasteiger partial charge in [-0.25, -0.2) is 0 Å². The van der Waals surface area contributed by atoms with Crippen molar-refractivity contribution in [2.45, 2.75) is 13.3 Å². The SMILES string of the molecule is C[C@@H]1C[C@H]1C(=O)OCC(=O)Nc1ccccc1C(=O)c1ccccc1. The largest absolute Gasteiger partial charge is 0.455 e. The summed E-state index contributed by atoms with van der Waals surface area (Å²) in [5, 5.41) is 2.65. The van der Waals surface area contributed by atoms with E-state index in [2.05, 4.69) is 5.32 Å². The second-order valence-corrected chi connectivity index (χ2v) is 6.22. The van der Waals surface area contributed by atoms with Crippen LogP contribution in [0.2, 0.25) is 0 Å². The number of carbonyl (C=O) groups excluding carboxylic acids is 3. The summed E-state index contributed by atoms with van der Waals surface area (Å²) in [5.41, 5.74) is 1.33. The number of rotatable bonds is 6. The molecule has 0 heterocycles. The van der Waals surface area contributed by atoms with Crippen LogP contribution in [0.15, 0.2) is 54.6 Å². The molecule has 1 N–H and O–H groups in total. The molecule has 0 aromatic heterocycles. The molecular weight excluding hydrogens is 318 g/mol. The van der Waals surface area contributed by atoms with Gasteiger partial charge in [0.25, 0.3) is 5.91 Å². The molecule has 2 atom stereocenters. The van der Waals surface area contributed by atoms with Crippen molar-refractivity contribution in [3.05, 3.63) is 65.7 Å². The van der Waals surface area contributed by atoms with Crippen molar-refractivity contribution < 1.29 is 19.1 Å². The number of nitrogens with one attached hydrogen (secondary N) is 1. The molecule has 1 aliphatic carbocycles. The van der Waals surface area contributed by atoms with Gasteiger partial charge in [-0.1, -0.05) is 49.4 Å². The minimum absolute atomic E-state index is 0.0836. The highest BCUT2D eigenvalue weighted by atomic mass is 16.5. The zero-order chi connectivity index (χ0) is 17.8. The minimum atomic E-state index is -0.463. The maximum absolute atomic E-state index is 12.6. The third-order valence-corrected chi connectivity index (χ3v) is 4.24. The van der Waals surface area contributed by atoms with E-state index in [-0.39, 0.29) is 24.3 Å². The van der Waals surface area contributed by atoms with Crippen molar-refractivity contribution >= 4 is 23.3 Å². The van der Waals surface area contributed by atoms with Gasteiger partial charge in [0.05, 0.1) is 11.6 Å². The Morgan fingerprint density at radius 1 is 1.04 bits per heavy atom. The number of benzene rings is 2. The molecular formula is C20H19NO4. The molecule has 5 nitrogen and oxygen atoms in total. The average molecular weight is 337 g/mol. The first kappa shape index (κ1) is 16.9. The smallest absolute Gasteiger partial charge is 0.309 e. The molecule has 1 fully saturated rings. The Bertz CT molecular complexity index is 800. The number of ketones is 1. The Balaban J connectivity index is 1.65. The van der Waals surface area contributed by atoms with E-state index in [1.807, 2.05) is 13.0 Å². The normalized spacial score (nSPS) is 18.3. The number of para-hydroxylation sites is 1. The predicted octanol–water partition coefficient (Wildman–Crippen LogP) is 3.06. The zero-order valence-electron chi connectivity index (χ0n) is 13.9. The summed E-state index contributed by atoms with van der Waals surface area (Å²) < 4.78 is 5.02. The topological polar surface area (TPSA) is 72.5 Å². The van der Waals surface area contributed by atoms with E-state index in [9.17, 15) is 14.4 Å². The molecule has 0 unspecified atom stereocenters. The lowest BCUT2D eigenvalue weighted by atomic mass is 10.0. The van der Waals surface area contributed by atoms with Crippen molar-refractivity contribution in [3.63, 3.8) is 0 Å². The maximum atomic E-state index is 12.6. The van der Waals surface area contributed by atoms with Crippen molar-refractivity contribution in [2.24, 2.45) is 11.8 Å². The molecule has 25 heavy (non-hydrogen) atoms. The predicted molar refractivity (Wildman–Crippen MR) is 93.2 cm³/mol. The fourth-order valence-electron chi connectivity index (χ4n) is 2.62. The quantitative estimate of drug-likeness (QED) is 0.649. The van der Waals surface area contributed by atoms with E-state index in [0.717, 1.165) is 6.42 Å². The van der Waals surface area contributed by atoms with E-state index >= 15 is 0 Å². The number of esters is 1. The van der Waals surface area contributed by atoms with Crippen molar-refractivity contribution in [1.29, 1.82) is 0 Å². The Labute approximate surface area is 146 Å². The van der Waals surface area contributed by atoms with Crippen LogP contribution in [-0.2, 0) is 14.3 Å². The third-order valence-electron chi connectivity index (χ3n) is 4.24. The Kier molecular flexibility index (Phi) is 4.93. The van der Waals surface area contributed by atoms with E-state index in [4.69, 9.17) is 4.74 Å². The van der Waals surface area contributed by atoms with Crippen LogP contribution in [0, 0.1) is 11.8 Å². The number of carbonyl (C=O) groups is 3. The van der Waals surface area contributed by atoms with Gasteiger partial charge in [0.1, 0.15) is 0 Å². The molecule has 0 bridgehead atoms. The van der Waals surface area contributed by atoms with Crippen LogP contribution < -0.4 is 5.32 Å².